The number of imide groups is 2. The second-order valence-corrected chi connectivity index (χ2v) is 6.71. The van der Waals surface area contributed by atoms with E-state index in [1.165, 1.54) is 50.5 Å². The Morgan fingerprint density at radius 3 is 1.56 bits per heavy atom. The normalized spacial score (nSPS) is 16.8. The minimum atomic E-state index is -1.67. The third kappa shape index (κ3) is 3.32. The van der Waals surface area contributed by atoms with Gasteiger partial charge in [-0.3, -0.25) is 19.4 Å². The van der Waals surface area contributed by atoms with Crippen molar-refractivity contribution in [3.8, 4) is 0 Å². The van der Waals surface area contributed by atoms with E-state index >= 15 is 0 Å². The van der Waals surface area contributed by atoms with Gasteiger partial charge in [0.15, 0.2) is 0 Å². The molecule has 140 valence electrons. The van der Waals surface area contributed by atoms with Gasteiger partial charge >= 0.3 is 6.03 Å². The van der Waals surface area contributed by atoms with Gasteiger partial charge in [-0.25, -0.2) is 13.6 Å². The predicted molar refractivity (Wildman–Crippen MR) is 93.6 cm³/mol. The van der Waals surface area contributed by atoms with Crippen molar-refractivity contribution in [3.63, 3.8) is 0 Å². The van der Waals surface area contributed by atoms with Crippen LogP contribution in [0.1, 0.15) is 11.1 Å². The number of hydrogen-bond acceptors (Lipinski definition) is 3. The minimum Gasteiger partial charge on any atom is -0.273 e. The smallest absolute Gasteiger partial charge is 0.273 e. The maximum Gasteiger partial charge on any atom is 0.332 e. The fraction of sp³-hybridized carbons (Fsp3) is 0.250. The molecule has 0 saturated carbocycles. The number of amides is 4. The highest BCUT2D eigenvalue weighted by Gasteiger charge is 2.55. The van der Waals surface area contributed by atoms with E-state index in [0.717, 1.165) is 9.80 Å². The zero-order valence-corrected chi connectivity index (χ0v) is 14.9. The Morgan fingerprint density at radius 2 is 1.19 bits per heavy atom. The van der Waals surface area contributed by atoms with Gasteiger partial charge in [0.25, 0.3) is 0 Å². The lowest BCUT2D eigenvalue weighted by Gasteiger charge is -2.42. The van der Waals surface area contributed by atoms with E-state index in [-0.39, 0.29) is 12.8 Å². The molecule has 0 bridgehead atoms. The predicted octanol–water partition coefficient (Wildman–Crippen LogP) is 2.79. The number of hydrogen-bond donors (Lipinski definition) is 0. The first-order valence-electron chi connectivity index (χ1n) is 8.34. The third-order valence-corrected chi connectivity index (χ3v) is 4.79. The summed E-state index contributed by atoms with van der Waals surface area (Å²) in [5.41, 5.74) is -0.799. The Morgan fingerprint density at radius 1 is 0.778 bits per heavy atom. The van der Waals surface area contributed by atoms with Crippen LogP contribution in [0, 0.1) is 17.0 Å². The van der Waals surface area contributed by atoms with Gasteiger partial charge < -0.3 is 0 Å². The maximum atomic E-state index is 13.6. The topological polar surface area (TPSA) is 57.7 Å². The lowest BCUT2D eigenvalue weighted by Crippen LogP contribution is -2.64. The summed E-state index contributed by atoms with van der Waals surface area (Å²) >= 11 is 0. The van der Waals surface area contributed by atoms with Gasteiger partial charge in [-0.15, -0.1) is 0 Å². The number of halogens is 2. The van der Waals surface area contributed by atoms with E-state index in [1.54, 1.807) is 12.1 Å². The SMILES string of the molecule is CN1C(=O)N(C)C(=O)C(Cc2cccc(F)c2)(Cc2cccc(F)c2)C1=O. The lowest BCUT2D eigenvalue weighted by atomic mass is 9.73. The summed E-state index contributed by atoms with van der Waals surface area (Å²) < 4.78 is 27.3. The maximum absolute atomic E-state index is 13.6. The van der Waals surface area contributed by atoms with Crippen molar-refractivity contribution in [3.05, 3.63) is 71.3 Å². The first kappa shape index (κ1) is 18.7. The standard InChI is InChI=1S/C20H18F2N2O3/c1-23-17(25)20(18(26)24(2)19(23)27,11-13-5-3-7-15(21)9-13)12-14-6-4-8-16(22)10-14/h3-10H,11-12H2,1-2H3. The molecular formula is C20H18F2N2O3. The molecule has 27 heavy (non-hydrogen) atoms. The first-order chi connectivity index (χ1) is 12.7. The number of rotatable bonds is 4. The zero-order chi connectivity index (χ0) is 19.8. The molecule has 0 atom stereocenters. The summed E-state index contributed by atoms with van der Waals surface area (Å²) in [6.07, 6.45) is -0.220. The van der Waals surface area contributed by atoms with Gasteiger partial charge in [0.05, 0.1) is 0 Å². The summed E-state index contributed by atoms with van der Waals surface area (Å²) in [5.74, 6) is -2.38. The van der Waals surface area contributed by atoms with Crippen LogP contribution in [0.5, 0.6) is 0 Å². The zero-order valence-electron chi connectivity index (χ0n) is 14.9. The fourth-order valence-electron chi connectivity index (χ4n) is 3.49. The molecule has 1 aliphatic rings. The third-order valence-electron chi connectivity index (χ3n) is 4.79. The van der Waals surface area contributed by atoms with Crippen molar-refractivity contribution in [2.75, 3.05) is 14.1 Å². The molecule has 0 N–H and O–H groups in total. The summed E-state index contributed by atoms with van der Waals surface area (Å²) in [7, 11) is 2.58. The molecule has 7 heteroatoms. The van der Waals surface area contributed by atoms with E-state index in [9.17, 15) is 23.2 Å². The van der Waals surface area contributed by atoms with Crippen molar-refractivity contribution in [1.29, 1.82) is 0 Å². The molecule has 0 spiro atoms. The van der Waals surface area contributed by atoms with Gasteiger partial charge in [0.1, 0.15) is 17.0 Å². The molecule has 5 nitrogen and oxygen atoms in total. The molecule has 1 heterocycles. The van der Waals surface area contributed by atoms with E-state index in [4.69, 9.17) is 0 Å². The second kappa shape index (κ2) is 6.90. The van der Waals surface area contributed by atoms with Crippen molar-refractivity contribution >= 4 is 17.8 Å². The molecule has 0 aromatic heterocycles. The monoisotopic (exact) mass is 372 g/mol. The number of carbonyl (C=O) groups is 3. The highest BCUT2D eigenvalue weighted by molar-refractivity contribution is 6.19. The molecule has 2 aromatic carbocycles. The minimum absolute atomic E-state index is 0.110. The molecule has 0 unspecified atom stereocenters. The summed E-state index contributed by atoms with van der Waals surface area (Å²) in [6.45, 7) is 0. The quantitative estimate of drug-likeness (QED) is 0.776. The van der Waals surface area contributed by atoms with Crippen LogP contribution in [0.2, 0.25) is 0 Å². The number of nitrogens with zero attached hydrogens (tertiary/aromatic N) is 2. The van der Waals surface area contributed by atoms with Crippen LogP contribution in [0.4, 0.5) is 13.6 Å². The van der Waals surface area contributed by atoms with Crippen molar-refractivity contribution in [1.82, 2.24) is 9.80 Å². The largest absolute Gasteiger partial charge is 0.332 e. The van der Waals surface area contributed by atoms with Gasteiger partial charge in [-0.05, 0) is 48.2 Å². The first-order valence-corrected chi connectivity index (χ1v) is 8.34. The number of benzene rings is 2. The van der Waals surface area contributed by atoms with Gasteiger partial charge in [0.2, 0.25) is 11.8 Å². The Kier molecular flexibility index (Phi) is 4.78. The number of carbonyl (C=O) groups excluding carboxylic acids is 3. The van der Waals surface area contributed by atoms with Crippen LogP contribution in [-0.2, 0) is 22.4 Å². The highest BCUT2D eigenvalue weighted by Crippen LogP contribution is 2.36. The second-order valence-electron chi connectivity index (χ2n) is 6.71. The number of urea groups is 1. The Balaban J connectivity index is 2.11. The molecule has 0 radical (unpaired) electrons. The Hall–Kier alpha value is -3.09. The Bertz CT molecular complexity index is 855. The van der Waals surface area contributed by atoms with Crippen molar-refractivity contribution in [2.45, 2.75) is 12.8 Å². The van der Waals surface area contributed by atoms with E-state index < -0.39 is 34.9 Å². The average molecular weight is 372 g/mol. The highest BCUT2D eigenvalue weighted by atomic mass is 19.1. The fourth-order valence-corrected chi connectivity index (χ4v) is 3.49. The lowest BCUT2D eigenvalue weighted by molar-refractivity contribution is -0.157. The van der Waals surface area contributed by atoms with Crippen LogP contribution in [0.25, 0.3) is 0 Å². The molecule has 3 rings (SSSR count). The van der Waals surface area contributed by atoms with Crippen LogP contribution in [-0.4, -0.2) is 41.7 Å². The van der Waals surface area contributed by atoms with Crippen LogP contribution in [0.15, 0.2) is 48.5 Å². The van der Waals surface area contributed by atoms with E-state index in [1.807, 2.05) is 0 Å². The van der Waals surface area contributed by atoms with Gasteiger partial charge in [-0.1, -0.05) is 24.3 Å². The van der Waals surface area contributed by atoms with Crippen LogP contribution < -0.4 is 0 Å². The van der Waals surface area contributed by atoms with Gasteiger partial charge in [-0.2, -0.15) is 0 Å². The molecule has 2 aromatic rings. The van der Waals surface area contributed by atoms with Gasteiger partial charge in [0, 0.05) is 14.1 Å². The van der Waals surface area contributed by atoms with Crippen LogP contribution in [0.3, 0.4) is 0 Å². The Labute approximate surface area is 155 Å². The number of barbiturate groups is 1. The molecule has 4 amide bonds. The van der Waals surface area contributed by atoms with Crippen molar-refractivity contribution in [2.24, 2.45) is 5.41 Å². The molecule has 1 aliphatic heterocycles. The van der Waals surface area contributed by atoms with Crippen LogP contribution >= 0.6 is 0 Å². The summed E-state index contributed by atoms with van der Waals surface area (Å²) in [4.78, 5) is 40.0. The van der Waals surface area contributed by atoms with Crippen molar-refractivity contribution < 1.29 is 23.2 Å². The molecule has 1 saturated heterocycles. The summed E-state index contributed by atoms with van der Waals surface area (Å²) in [6, 6.07) is 10.4. The average Bonchev–Trinajstić information content (AvgIpc) is 2.63. The molecular weight excluding hydrogens is 354 g/mol. The summed E-state index contributed by atoms with van der Waals surface area (Å²) in [5, 5.41) is 0. The molecule has 0 aliphatic carbocycles. The van der Waals surface area contributed by atoms with E-state index in [2.05, 4.69) is 0 Å². The van der Waals surface area contributed by atoms with E-state index in [0.29, 0.717) is 11.1 Å². The molecule has 1 fully saturated rings.